The maximum Gasteiger partial charge on any atom is 0.420 e. The molecular formula is C15H7F3N2O. The van der Waals surface area contributed by atoms with E-state index in [0.29, 0.717) is 6.07 Å². The van der Waals surface area contributed by atoms with Gasteiger partial charge in [0.2, 0.25) is 0 Å². The Hall–Kier alpha value is -2.99. The van der Waals surface area contributed by atoms with Crippen LogP contribution in [-0.4, -0.2) is 0 Å². The highest BCUT2D eigenvalue weighted by atomic mass is 19.4. The molecule has 3 nitrogen and oxygen atoms in total. The highest BCUT2D eigenvalue weighted by Crippen LogP contribution is 2.39. The van der Waals surface area contributed by atoms with Crippen LogP contribution in [0.4, 0.5) is 13.2 Å². The quantitative estimate of drug-likeness (QED) is 0.830. The molecule has 0 fully saturated rings. The maximum atomic E-state index is 13.0. The fourth-order valence-corrected chi connectivity index (χ4v) is 1.68. The van der Waals surface area contributed by atoms with Crippen molar-refractivity contribution >= 4 is 0 Å². The van der Waals surface area contributed by atoms with E-state index in [2.05, 4.69) is 0 Å². The molecule has 0 atom stereocenters. The van der Waals surface area contributed by atoms with E-state index >= 15 is 0 Å². The van der Waals surface area contributed by atoms with E-state index < -0.39 is 17.5 Å². The molecule has 2 aromatic rings. The Kier molecular flexibility index (Phi) is 3.82. The van der Waals surface area contributed by atoms with Gasteiger partial charge in [0.05, 0.1) is 22.8 Å². The smallest absolute Gasteiger partial charge is 0.420 e. The van der Waals surface area contributed by atoms with Crippen LogP contribution in [-0.2, 0) is 6.18 Å². The van der Waals surface area contributed by atoms with Gasteiger partial charge in [-0.15, -0.1) is 0 Å². The Morgan fingerprint density at radius 2 is 1.62 bits per heavy atom. The van der Waals surface area contributed by atoms with Crippen LogP contribution in [0.2, 0.25) is 0 Å². The van der Waals surface area contributed by atoms with E-state index in [1.54, 1.807) is 18.2 Å². The number of benzene rings is 2. The number of rotatable bonds is 2. The minimum absolute atomic E-state index is 0.0233. The summed E-state index contributed by atoms with van der Waals surface area (Å²) >= 11 is 0. The van der Waals surface area contributed by atoms with Crippen LogP contribution in [0.25, 0.3) is 0 Å². The molecule has 2 aromatic carbocycles. The van der Waals surface area contributed by atoms with Crippen LogP contribution < -0.4 is 4.74 Å². The van der Waals surface area contributed by atoms with Crippen LogP contribution >= 0.6 is 0 Å². The topological polar surface area (TPSA) is 56.8 Å². The van der Waals surface area contributed by atoms with Crippen molar-refractivity contribution in [2.24, 2.45) is 0 Å². The minimum atomic E-state index is -4.66. The van der Waals surface area contributed by atoms with Gasteiger partial charge in [0.15, 0.2) is 0 Å². The summed E-state index contributed by atoms with van der Waals surface area (Å²) in [7, 11) is 0. The third-order valence-electron chi connectivity index (χ3n) is 2.64. The van der Waals surface area contributed by atoms with E-state index in [0.717, 1.165) is 6.07 Å². The first-order valence-electron chi connectivity index (χ1n) is 5.74. The lowest BCUT2D eigenvalue weighted by Crippen LogP contribution is -2.07. The second-order valence-corrected chi connectivity index (χ2v) is 4.03. The summed E-state index contributed by atoms with van der Waals surface area (Å²) in [6, 6.07) is 12.4. The molecule has 0 amide bonds. The molecule has 104 valence electrons. The summed E-state index contributed by atoms with van der Waals surface area (Å²) in [5.41, 5.74) is -1.06. The van der Waals surface area contributed by atoms with Crippen molar-refractivity contribution in [2.45, 2.75) is 6.18 Å². The van der Waals surface area contributed by atoms with Crippen molar-refractivity contribution in [1.29, 1.82) is 10.5 Å². The van der Waals surface area contributed by atoms with Gasteiger partial charge in [-0.3, -0.25) is 0 Å². The fraction of sp³-hybridized carbons (Fsp3) is 0.0667. The van der Waals surface area contributed by atoms with Gasteiger partial charge in [-0.2, -0.15) is 23.7 Å². The van der Waals surface area contributed by atoms with E-state index in [9.17, 15) is 13.2 Å². The average Bonchev–Trinajstić information content (AvgIpc) is 2.47. The fourth-order valence-electron chi connectivity index (χ4n) is 1.68. The molecule has 0 unspecified atom stereocenters. The van der Waals surface area contributed by atoms with E-state index in [-0.39, 0.29) is 16.9 Å². The predicted octanol–water partition coefficient (Wildman–Crippen LogP) is 4.24. The average molecular weight is 288 g/mol. The Morgan fingerprint density at radius 3 is 2.24 bits per heavy atom. The predicted molar refractivity (Wildman–Crippen MR) is 67.4 cm³/mol. The standard InChI is InChI=1S/C15H7F3N2O/c16-15(17,18)12-7-10(8-19)5-6-14(12)21-13-4-2-1-3-11(13)9-20/h1-7H. The summed E-state index contributed by atoms with van der Waals surface area (Å²) in [4.78, 5) is 0. The molecule has 0 aromatic heterocycles. The van der Waals surface area contributed by atoms with E-state index in [1.807, 2.05) is 6.07 Å². The SMILES string of the molecule is N#Cc1ccc(Oc2ccccc2C#N)c(C(F)(F)F)c1. The number of ether oxygens (including phenoxy) is 1. The first-order valence-corrected chi connectivity index (χ1v) is 5.74. The zero-order chi connectivity index (χ0) is 15.5. The maximum absolute atomic E-state index is 13.0. The molecule has 21 heavy (non-hydrogen) atoms. The van der Waals surface area contributed by atoms with Crippen LogP contribution in [0.1, 0.15) is 16.7 Å². The van der Waals surface area contributed by atoms with Gasteiger partial charge >= 0.3 is 6.18 Å². The van der Waals surface area contributed by atoms with Gasteiger partial charge < -0.3 is 4.74 Å². The van der Waals surface area contributed by atoms with Crippen LogP contribution in [0, 0.1) is 22.7 Å². The van der Waals surface area contributed by atoms with E-state index in [1.165, 1.54) is 18.2 Å². The minimum Gasteiger partial charge on any atom is -0.455 e. The van der Waals surface area contributed by atoms with Crippen LogP contribution in [0.3, 0.4) is 0 Å². The molecule has 0 spiro atoms. The Labute approximate surface area is 118 Å². The Balaban J connectivity index is 2.50. The van der Waals surface area contributed by atoms with Crippen molar-refractivity contribution in [3.05, 3.63) is 59.2 Å². The highest BCUT2D eigenvalue weighted by molar-refractivity contribution is 5.49. The third-order valence-corrected chi connectivity index (χ3v) is 2.64. The number of hydrogen-bond acceptors (Lipinski definition) is 3. The van der Waals surface area contributed by atoms with Crippen LogP contribution in [0.15, 0.2) is 42.5 Å². The number of alkyl halides is 3. The van der Waals surface area contributed by atoms with Gasteiger partial charge in [0.25, 0.3) is 0 Å². The number of nitrogens with zero attached hydrogens (tertiary/aromatic N) is 2. The molecule has 0 N–H and O–H groups in total. The largest absolute Gasteiger partial charge is 0.455 e. The van der Waals surface area contributed by atoms with Gasteiger partial charge in [-0.1, -0.05) is 12.1 Å². The van der Waals surface area contributed by atoms with Gasteiger partial charge in [-0.05, 0) is 30.3 Å². The van der Waals surface area contributed by atoms with Crippen molar-refractivity contribution in [1.82, 2.24) is 0 Å². The van der Waals surface area contributed by atoms with Crippen molar-refractivity contribution < 1.29 is 17.9 Å². The zero-order valence-corrected chi connectivity index (χ0v) is 10.5. The number of halogens is 3. The van der Waals surface area contributed by atoms with Crippen LogP contribution in [0.5, 0.6) is 11.5 Å². The molecule has 2 rings (SSSR count). The Bertz CT molecular complexity index is 755. The molecule has 0 radical (unpaired) electrons. The second kappa shape index (κ2) is 5.56. The molecular weight excluding hydrogens is 281 g/mol. The number of para-hydroxylation sites is 1. The van der Waals surface area contributed by atoms with Gasteiger partial charge in [0, 0.05) is 0 Å². The summed E-state index contributed by atoms with van der Waals surface area (Å²) in [5, 5.41) is 17.6. The van der Waals surface area contributed by atoms with Gasteiger partial charge in [-0.25, -0.2) is 0 Å². The first-order chi connectivity index (χ1) is 9.95. The molecule has 0 aliphatic carbocycles. The summed E-state index contributed by atoms with van der Waals surface area (Å²) in [6.45, 7) is 0. The van der Waals surface area contributed by atoms with Crippen molar-refractivity contribution in [3.63, 3.8) is 0 Å². The lowest BCUT2D eigenvalue weighted by atomic mass is 10.1. The van der Waals surface area contributed by atoms with E-state index in [4.69, 9.17) is 15.3 Å². The third kappa shape index (κ3) is 3.13. The first kappa shape index (κ1) is 14.4. The molecule has 0 saturated carbocycles. The normalized spacial score (nSPS) is 10.5. The van der Waals surface area contributed by atoms with Gasteiger partial charge in [0.1, 0.15) is 17.6 Å². The summed E-state index contributed by atoms with van der Waals surface area (Å²) in [6.07, 6.45) is -4.66. The molecule has 6 heteroatoms. The molecule has 0 heterocycles. The summed E-state index contributed by atoms with van der Waals surface area (Å²) < 4.78 is 44.2. The molecule has 0 saturated heterocycles. The molecule has 0 aliphatic heterocycles. The van der Waals surface area contributed by atoms with Crippen molar-refractivity contribution in [2.75, 3.05) is 0 Å². The zero-order valence-electron chi connectivity index (χ0n) is 10.5. The van der Waals surface area contributed by atoms with Crippen molar-refractivity contribution in [3.8, 4) is 23.6 Å². The monoisotopic (exact) mass is 288 g/mol. The molecule has 0 aliphatic rings. The second-order valence-electron chi connectivity index (χ2n) is 4.03. The Morgan fingerprint density at radius 1 is 0.905 bits per heavy atom. The number of nitriles is 2. The highest BCUT2D eigenvalue weighted by Gasteiger charge is 2.35. The summed E-state index contributed by atoms with van der Waals surface area (Å²) in [5.74, 6) is -0.431. The lowest BCUT2D eigenvalue weighted by Gasteiger charge is -2.14. The number of hydrogen-bond donors (Lipinski definition) is 0. The molecule has 0 bridgehead atoms. The lowest BCUT2D eigenvalue weighted by molar-refractivity contribution is -0.138.